The van der Waals surface area contributed by atoms with Crippen LogP contribution in [-0.4, -0.2) is 18.3 Å². The van der Waals surface area contributed by atoms with Crippen molar-refractivity contribution in [1.29, 1.82) is 0 Å². The molecule has 28 heavy (non-hydrogen) atoms. The van der Waals surface area contributed by atoms with Gasteiger partial charge in [0.2, 0.25) is 0 Å². The summed E-state index contributed by atoms with van der Waals surface area (Å²) >= 11 is 1.96. The van der Waals surface area contributed by atoms with Crippen LogP contribution in [0.5, 0.6) is 0 Å². The number of carbonyl (C=O) groups excluding carboxylic acids is 1. The number of benzene rings is 3. The van der Waals surface area contributed by atoms with Gasteiger partial charge in [-0.15, -0.1) is 11.8 Å². The summed E-state index contributed by atoms with van der Waals surface area (Å²) in [5.41, 5.74) is 3.79. The van der Waals surface area contributed by atoms with Crippen LogP contribution in [0.3, 0.4) is 0 Å². The van der Waals surface area contributed by atoms with Crippen LogP contribution in [0.2, 0.25) is 0 Å². The first kappa shape index (κ1) is 18.8. The van der Waals surface area contributed by atoms with Crippen molar-refractivity contribution >= 4 is 17.7 Å². The highest BCUT2D eigenvalue weighted by Gasteiger charge is 2.44. The lowest BCUT2D eigenvalue weighted by molar-refractivity contribution is -0.148. The molecule has 0 heterocycles. The van der Waals surface area contributed by atoms with E-state index in [4.69, 9.17) is 4.74 Å². The largest absolute Gasteiger partial charge is 0.469 e. The Morgan fingerprint density at radius 2 is 1.18 bits per heavy atom. The van der Waals surface area contributed by atoms with Gasteiger partial charge in [-0.25, -0.2) is 0 Å². The van der Waals surface area contributed by atoms with Gasteiger partial charge in [0.05, 0.1) is 17.8 Å². The first-order valence-corrected chi connectivity index (χ1v) is 10.5. The summed E-state index contributed by atoms with van der Waals surface area (Å²) in [5, 5.41) is 0.407. The minimum Gasteiger partial charge on any atom is -0.469 e. The number of hydrogen-bond donors (Lipinski definition) is 0. The zero-order valence-electron chi connectivity index (χ0n) is 16.0. The third-order valence-electron chi connectivity index (χ3n) is 5.51. The molecule has 0 aliphatic heterocycles. The Hall–Kier alpha value is -2.52. The molecule has 0 atom stereocenters. The number of esters is 1. The van der Waals surface area contributed by atoms with Crippen molar-refractivity contribution in [3.63, 3.8) is 0 Å². The summed E-state index contributed by atoms with van der Waals surface area (Å²) < 4.78 is 4.63. The number of rotatable bonds is 6. The third-order valence-corrected chi connectivity index (χ3v) is 7.29. The van der Waals surface area contributed by atoms with Crippen molar-refractivity contribution in [3.05, 3.63) is 108 Å². The Morgan fingerprint density at radius 1 is 0.786 bits per heavy atom. The zero-order valence-corrected chi connectivity index (χ0v) is 16.8. The zero-order chi connectivity index (χ0) is 19.4. The van der Waals surface area contributed by atoms with Crippen molar-refractivity contribution in [3.8, 4) is 0 Å². The van der Waals surface area contributed by atoms with Crippen LogP contribution >= 0.6 is 11.8 Å². The summed E-state index contributed by atoms with van der Waals surface area (Å²) in [7, 11) is 1.48. The molecule has 142 valence electrons. The first-order chi connectivity index (χ1) is 13.7. The first-order valence-electron chi connectivity index (χ1n) is 9.66. The van der Waals surface area contributed by atoms with Crippen molar-refractivity contribution < 1.29 is 9.53 Å². The molecular formula is C25H24O2S. The van der Waals surface area contributed by atoms with Crippen molar-refractivity contribution in [1.82, 2.24) is 0 Å². The lowest BCUT2D eigenvalue weighted by Gasteiger charge is -2.42. The van der Waals surface area contributed by atoms with Crippen LogP contribution in [0.15, 0.2) is 91.0 Å². The van der Waals surface area contributed by atoms with Gasteiger partial charge in [0.15, 0.2) is 0 Å². The fourth-order valence-electron chi connectivity index (χ4n) is 3.99. The molecule has 0 amide bonds. The standard InChI is InChI=1S/C25H24O2S/c1-27-24(26)19-17-23(18-19)28-25(20-11-5-2-6-12-20,21-13-7-3-8-14-21)22-15-9-4-10-16-22/h2-16,19,23H,17-18H2,1H3. The van der Waals surface area contributed by atoms with Crippen LogP contribution in [0.1, 0.15) is 29.5 Å². The van der Waals surface area contributed by atoms with Gasteiger partial charge in [0, 0.05) is 5.25 Å². The van der Waals surface area contributed by atoms with Gasteiger partial charge in [-0.1, -0.05) is 91.0 Å². The number of thioether (sulfide) groups is 1. The molecule has 1 saturated carbocycles. The van der Waals surface area contributed by atoms with Crippen molar-refractivity contribution in [2.75, 3.05) is 7.11 Å². The molecule has 3 aromatic carbocycles. The molecule has 3 heteroatoms. The summed E-state index contributed by atoms with van der Waals surface area (Å²) in [5.74, 6) is -0.0518. The van der Waals surface area contributed by atoms with E-state index in [1.54, 1.807) is 0 Å². The van der Waals surface area contributed by atoms with Gasteiger partial charge >= 0.3 is 5.97 Å². The molecule has 2 nitrogen and oxygen atoms in total. The summed E-state index contributed by atoms with van der Waals surface area (Å²) in [6, 6.07) is 32.1. The van der Waals surface area contributed by atoms with Crippen LogP contribution in [-0.2, 0) is 14.3 Å². The van der Waals surface area contributed by atoms with E-state index in [0.717, 1.165) is 12.8 Å². The smallest absolute Gasteiger partial charge is 0.308 e. The van der Waals surface area contributed by atoms with Gasteiger partial charge in [0.1, 0.15) is 0 Å². The molecule has 0 unspecified atom stereocenters. The lowest BCUT2D eigenvalue weighted by atomic mass is 9.83. The van der Waals surface area contributed by atoms with Gasteiger partial charge < -0.3 is 4.74 Å². The normalized spacial score (nSPS) is 18.9. The van der Waals surface area contributed by atoms with Crippen LogP contribution in [0.25, 0.3) is 0 Å². The maximum Gasteiger partial charge on any atom is 0.308 e. The topological polar surface area (TPSA) is 26.3 Å². The number of ether oxygens (including phenoxy) is 1. The summed E-state index contributed by atoms with van der Waals surface area (Å²) in [6.45, 7) is 0. The quantitative estimate of drug-likeness (QED) is 0.402. The van der Waals surface area contributed by atoms with Gasteiger partial charge in [0.25, 0.3) is 0 Å². The van der Waals surface area contributed by atoms with E-state index in [9.17, 15) is 4.79 Å². The van der Waals surface area contributed by atoms with Crippen molar-refractivity contribution in [2.45, 2.75) is 22.8 Å². The minimum atomic E-state index is -0.310. The molecule has 1 aliphatic carbocycles. The van der Waals surface area contributed by atoms with Crippen LogP contribution < -0.4 is 0 Å². The highest BCUT2D eigenvalue weighted by molar-refractivity contribution is 8.01. The van der Waals surface area contributed by atoms with E-state index in [2.05, 4.69) is 91.0 Å². The SMILES string of the molecule is COC(=O)C1CC(SC(c2ccccc2)(c2ccccc2)c2ccccc2)C1. The molecule has 0 spiro atoms. The van der Waals surface area contributed by atoms with Crippen LogP contribution in [0.4, 0.5) is 0 Å². The van der Waals surface area contributed by atoms with Gasteiger partial charge in [-0.2, -0.15) is 0 Å². The number of methoxy groups -OCH3 is 1. The van der Waals surface area contributed by atoms with E-state index < -0.39 is 0 Å². The molecule has 3 aromatic rings. The Balaban J connectivity index is 1.79. The lowest BCUT2D eigenvalue weighted by Crippen LogP contribution is -2.37. The number of hydrogen-bond acceptors (Lipinski definition) is 3. The molecule has 0 radical (unpaired) electrons. The highest BCUT2D eigenvalue weighted by Crippen LogP contribution is 2.54. The summed E-state index contributed by atoms with van der Waals surface area (Å²) in [4.78, 5) is 11.9. The Bertz CT molecular complexity index is 806. The predicted octanol–water partition coefficient (Wildman–Crippen LogP) is 5.66. The second-order valence-electron chi connectivity index (χ2n) is 7.21. The van der Waals surface area contributed by atoms with Crippen LogP contribution in [0, 0.1) is 5.92 Å². The molecule has 1 aliphatic rings. The molecule has 0 N–H and O–H groups in total. The molecule has 0 bridgehead atoms. The monoisotopic (exact) mass is 388 g/mol. The van der Waals surface area contributed by atoms with Gasteiger partial charge in [-0.05, 0) is 29.5 Å². The molecule has 1 fully saturated rings. The maximum absolute atomic E-state index is 11.9. The average Bonchev–Trinajstić information content (AvgIpc) is 2.75. The number of carbonyl (C=O) groups is 1. The molecule has 0 aromatic heterocycles. The van der Waals surface area contributed by atoms with E-state index in [0.29, 0.717) is 5.25 Å². The van der Waals surface area contributed by atoms with E-state index >= 15 is 0 Å². The second-order valence-corrected chi connectivity index (χ2v) is 8.73. The Labute approximate surface area is 170 Å². The Kier molecular flexibility index (Phi) is 5.54. The Morgan fingerprint density at radius 3 is 1.54 bits per heavy atom. The maximum atomic E-state index is 11.9. The fraction of sp³-hybridized carbons (Fsp3) is 0.240. The molecular weight excluding hydrogens is 364 g/mol. The predicted molar refractivity (Wildman–Crippen MR) is 115 cm³/mol. The fourth-order valence-corrected chi connectivity index (χ4v) is 5.97. The van der Waals surface area contributed by atoms with E-state index in [1.165, 1.54) is 23.8 Å². The average molecular weight is 389 g/mol. The minimum absolute atomic E-state index is 0.0301. The molecule has 0 saturated heterocycles. The summed E-state index contributed by atoms with van der Waals surface area (Å²) in [6.07, 6.45) is 1.73. The second kappa shape index (κ2) is 8.24. The van der Waals surface area contributed by atoms with Crippen molar-refractivity contribution in [2.24, 2.45) is 5.92 Å². The van der Waals surface area contributed by atoms with Gasteiger partial charge in [-0.3, -0.25) is 4.79 Å². The third kappa shape index (κ3) is 3.47. The molecule has 4 rings (SSSR count). The van der Waals surface area contributed by atoms with E-state index in [1.807, 2.05) is 11.8 Å². The highest BCUT2D eigenvalue weighted by atomic mass is 32.2. The van der Waals surface area contributed by atoms with E-state index in [-0.39, 0.29) is 16.6 Å².